The third-order valence-electron chi connectivity index (χ3n) is 2.29. The first-order valence-electron chi connectivity index (χ1n) is 4.45. The van der Waals surface area contributed by atoms with Crippen molar-refractivity contribution in [3.63, 3.8) is 0 Å². The summed E-state index contributed by atoms with van der Waals surface area (Å²) in [6, 6.07) is 0. The molecule has 60 valence electrons. The van der Waals surface area contributed by atoms with Crippen LogP contribution in [0.3, 0.4) is 0 Å². The van der Waals surface area contributed by atoms with Crippen LogP contribution in [0.4, 0.5) is 0 Å². The molecule has 0 aliphatic carbocycles. The van der Waals surface area contributed by atoms with Crippen LogP contribution >= 0.6 is 0 Å². The lowest BCUT2D eigenvalue weighted by atomic mass is 9.92. The van der Waals surface area contributed by atoms with Gasteiger partial charge in [0.2, 0.25) is 0 Å². The zero-order valence-electron chi connectivity index (χ0n) is 7.78. The van der Waals surface area contributed by atoms with Gasteiger partial charge in [-0.05, 0) is 32.1 Å². The minimum Gasteiger partial charge on any atom is -0.0882 e. The van der Waals surface area contributed by atoms with Gasteiger partial charge in [0.15, 0.2) is 0 Å². The molecule has 0 unspecified atom stereocenters. The van der Waals surface area contributed by atoms with E-state index in [-0.39, 0.29) is 0 Å². The predicted octanol–water partition coefficient (Wildman–Crippen LogP) is 3.78. The lowest BCUT2D eigenvalue weighted by Crippen LogP contribution is -1.99. The van der Waals surface area contributed by atoms with Gasteiger partial charge in [0, 0.05) is 0 Å². The summed E-state index contributed by atoms with van der Waals surface area (Å²) in [6.07, 6.45) is 6.09. The molecule has 0 rings (SSSR count). The smallest absolute Gasteiger partial charge is 0.0209 e. The monoisotopic (exact) mass is 140 g/mol. The second kappa shape index (κ2) is 5.52. The van der Waals surface area contributed by atoms with Gasteiger partial charge in [-0.2, -0.15) is 0 Å². The summed E-state index contributed by atoms with van der Waals surface area (Å²) in [4.78, 5) is 0. The fourth-order valence-corrected chi connectivity index (χ4v) is 1.54. The highest BCUT2D eigenvalue weighted by Crippen LogP contribution is 2.20. The van der Waals surface area contributed by atoms with Crippen LogP contribution in [0.25, 0.3) is 0 Å². The summed E-state index contributed by atoms with van der Waals surface area (Å²) in [5.74, 6) is 0.843. The molecule has 0 aromatic heterocycles. The van der Waals surface area contributed by atoms with Gasteiger partial charge in [-0.15, -0.1) is 0 Å². The topological polar surface area (TPSA) is 0 Å². The molecule has 0 radical (unpaired) electrons. The molecule has 10 heavy (non-hydrogen) atoms. The molecule has 0 nitrogen and oxygen atoms in total. The van der Waals surface area contributed by atoms with Crippen LogP contribution in [-0.4, -0.2) is 0 Å². The minimum atomic E-state index is 0.843. The summed E-state index contributed by atoms with van der Waals surface area (Å²) in [5.41, 5.74) is 1.63. The van der Waals surface area contributed by atoms with E-state index < -0.39 is 0 Å². The van der Waals surface area contributed by atoms with E-state index in [1.165, 1.54) is 19.3 Å². The van der Waals surface area contributed by atoms with Gasteiger partial charge >= 0.3 is 0 Å². The molecule has 0 fully saturated rings. The van der Waals surface area contributed by atoms with Crippen LogP contribution in [-0.2, 0) is 0 Å². The molecule has 0 aliphatic heterocycles. The summed E-state index contributed by atoms with van der Waals surface area (Å²) < 4.78 is 0. The summed E-state index contributed by atoms with van der Waals surface area (Å²) in [5, 5.41) is 0. The van der Waals surface area contributed by atoms with Crippen molar-refractivity contribution < 1.29 is 0 Å². The molecule has 0 bridgehead atoms. The van der Waals surface area contributed by atoms with Crippen molar-refractivity contribution in [3.05, 3.63) is 11.6 Å². The van der Waals surface area contributed by atoms with Crippen LogP contribution < -0.4 is 0 Å². The zero-order valence-corrected chi connectivity index (χ0v) is 7.78. The molecule has 0 aromatic rings. The predicted molar refractivity (Wildman–Crippen MR) is 48.1 cm³/mol. The van der Waals surface area contributed by atoms with Crippen LogP contribution in [0.5, 0.6) is 0 Å². The van der Waals surface area contributed by atoms with Gasteiger partial charge < -0.3 is 0 Å². The van der Waals surface area contributed by atoms with E-state index in [4.69, 9.17) is 0 Å². The Hall–Kier alpha value is -0.260. The highest BCUT2D eigenvalue weighted by atomic mass is 14.1. The van der Waals surface area contributed by atoms with Crippen molar-refractivity contribution in [1.29, 1.82) is 0 Å². The van der Waals surface area contributed by atoms with Gasteiger partial charge in [0.25, 0.3) is 0 Å². The normalized spacial score (nSPS) is 12.7. The molecule has 0 saturated carbocycles. The van der Waals surface area contributed by atoms with E-state index in [2.05, 4.69) is 33.8 Å². The van der Waals surface area contributed by atoms with Crippen molar-refractivity contribution in [3.8, 4) is 0 Å². The highest BCUT2D eigenvalue weighted by Gasteiger charge is 2.05. The molecule has 0 heteroatoms. The van der Waals surface area contributed by atoms with Crippen molar-refractivity contribution >= 4 is 0 Å². The van der Waals surface area contributed by atoms with Crippen molar-refractivity contribution in [1.82, 2.24) is 0 Å². The number of allylic oxidation sites excluding steroid dienone is 2. The first kappa shape index (κ1) is 9.74. The summed E-state index contributed by atoms with van der Waals surface area (Å²) in [6.45, 7) is 8.94. The molecule has 0 aliphatic rings. The Morgan fingerprint density at radius 1 is 1.20 bits per heavy atom. The lowest BCUT2D eigenvalue weighted by Gasteiger charge is -2.14. The number of hydrogen-bond acceptors (Lipinski definition) is 0. The molecule has 0 aromatic carbocycles. The molecule has 0 spiro atoms. The molecule has 0 heterocycles. The van der Waals surface area contributed by atoms with Crippen LogP contribution in [0.2, 0.25) is 0 Å². The van der Waals surface area contributed by atoms with E-state index in [0.717, 1.165) is 5.92 Å². The maximum Gasteiger partial charge on any atom is -0.0209 e. The van der Waals surface area contributed by atoms with Crippen molar-refractivity contribution in [2.24, 2.45) is 5.92 Å². The minimum absolute atomic E-state index is 0.843. The van der Waals surface area contributed by atoms with E-state index in [9.17, 15) is 0 Å². The zero-order chi connectivity index (χ0) is 7.98. The van der Waals surface area contributed by atoms with Gasteiger partial charge in [-0.25, -0.2) is 0 Å². The third-order valence-corrected chi connectivity index (χ3v) is 2.29. The van der Waals surface area contributed by atoms with Crippen LogP contribution in [0, 0.1) is 5.92 Å². The quantitative estimate of drug-likeness (QED) is 0.521. The number of hydrogen-bond donors (Lipinski definition) is 0. The first-order chi connectivity index (χ1) is 4.79. The van der Waals surface area contributed by atoms with Gasteiger partial charge in [-0.1, -0.05) is 32.4 Å². The van der Waals surface area contributed by atoms with Gasteiger partial charge in [0.05, 0.1) is 0 Å². The fraction of sp³-hybridized carbons (Fsp3) is 0.800. The van der Waals surface area contributed by atoms with Crippen molar-refractivity contribution in [2.75, 3.05) is 0 Å². The number of rotatable bonds is 4. The Bertz CT molecular complexity index is 96.6. The Morgan fingerprint density at radius 2 is 1.70 bits per heavy atom. The van der Waals surface area contributed by atoms with Gasteiger partial charge in [-0.3, -0.25) is 0 Å². The Kier molecular flexibility index (Phi) is 5.38. The molecule has 0 saturated heterocycles. The maximum atomic E-state index is 2.28. The molecule has 0 atom stereocenters. The van der Waals surface area contributed by atoms with E-state index in [0.29, 0.717) is 0 Å². The molecule has 0 amide bonds. The first-order valence-corrected chi connectivity index (χ1v) is 4.45. The average Bonchev–Trinajstić information content (AvgIpc) is 2.00. The Labute approximate surface area is 65.3 Å². The second-order valence-electron chi connectivity index (χ2n) is 2.73. The Morgan fingerprint density at radius 3 is 1.80 bits per heavy atom. The van der Waals surface area contributed by atoms with E-state index in [1.807, 2.05) is 0 Å². The molecular formula is C10H20. The lowest BCUT2D eigenvalue weighted by molar-refractivity contribution is 0.555. The highest BCUT2D eigenvalue weighted by molar-refractivity contribution is 5.03. The van der Waals surface area contributed by atoms with Crippen LogP contribution in [0.15, 0.2) is 11.6 Å². The van der Waals surface area contributed by atoms with E-state index in [1.54, 1.807) is 5.57 Å². The summed E-state index contributed by atoms with van der Waals surface area (Å²) >= 11 is 0. The molecular weight excluding hydrogens is 120 g/mol. The fourth-order valence-electron chi connectivity index (χ4n) is 1.54. The maximum absolute atomic E-state index is 2.28. The largest absolute Gasteiger partial charge is 0.0882 e. The standard InChI is InChI=1S/C10H20/c1-5-9(6-2)10(7-3)8-4/h5,10H,6-8H2,1-4H3/b9-5-. The molecule has 0 N–H and O–H groups in total. The summed E-state index contributed by atoms with van der Waals surface area (Å²) in [7, 11) is 0. The van der Waals surface area contributed by atoms with Gasteiger partial charge in [0.1, 0.15) is 0 Å². The average molecular weight is 140 g/mol. The Balaban J connectivity index is 3.97. The SMILES string of the molecule is C/C=C(/CC)C(CC)CC. The van der Waals surface area contributed by atoms with Crippen molar-refractivity contribution in [2.45, 2.75) is 47.0 Å². The third kappa shape index (κ3) is 2.55. The van der Waals surface area contributed by atoms with Crippen LogP contribution in [0.1, 0.15) is 47.0 Å². The van der Waals surface area contributed by atoms with E-state index >= 15 is 0 Å². The second-order valence-corrected chi connectivity index (χ2v) is 2.73.